The molecule has 0 bridgehead atoms. The van der Waals surface area contributed by atoms with Gasteiger partial charge in [-0.2, -0.15) is 5.10 Å². The number of carbonyl (C=O) groups is 1. The Balaban J connectivity index is 1.76. The molecule has 0 spiro atoms. The SMILES string of the molecule is C=CCN(Cc1ccccc1F)C(=O)c1ccc(N2CCC(C)=N2)cc1. The molecule has 5 heteroatoms. The molecule has 0 saturated heterocycles. The summed E-state index contributed by atoms with van der Waals surface area (Å²) in [6.07, 6.45) is 2.60. The summed E-state index contributed by atoms with van der Waals surface area (Å²) < 4.78 is 13.9. The van der Waals surface area contributed by atoms with E-state index in [0.717, 1.165) is 24.4 Å². The van der Waals surface area contributed by atoms with Gasteiger partial charge in [-0.3, -0.25) is 9.80 Å². The lowest BCUT2D eigenvalue weighted by atomic mass is 10.1. The van der Waals surface area contributed by atoms with Gasteiger partial charge in [-0.15, -0.1) is 6.58 Å². The van der Waals surface area contributed by atoms with Crippen LogP contribution in [0.5, 0.6) is 0 Å². The highest BCUT2D eigenvalue weighted by Crippen LogP contribution is 2.21. The van der Waals surface area contributed by atoms with Crippen LogP contribution < -0.4 is 5.01 Å². The van der Waals surface area contributed by atoms with E-state index in [1.54, 1.807) is 41.3 Å². The van der Waals surface area contributed by atoms with E-state index in [1.807, 2.05) is 24.1 Å². The standard InChI is InChI=1S/C21H22FN3O/c1-3-13-24(15-18-6-4-5-7-20(18)22)21(26)17-8-10-19(11-9-17)25-14-12-16(2)23-25/h3-11H,1,12-15H2,2H3. The highest BCUT2D eigenvalue weighted by molar-refractivity contribution is 5.94. The molecule has 0 aliphatic carbocycles. The fraction of sp³-hybridized carbons (Fsp3) is 0.238. The van der Waals surface area contributed by atoms with Crippen molar-refractivity contribution in [2.24, 2.45) is 5.10 Å². The van der Waals surface area contributed by atoms with Gasteiger partial charge in [0.1, 0.15) is 5.82 Å². The average Bonchev–Trinajstić information content (AvgIpc) is 3.09. The number of rotatable bonds is 6. The maximum atomic E-state index is 13.9. The van der Waals surface area contributed by atoms with Crippen molar-refractivity contribution >= 4 is 17.3 Å². The van der Waals surface area contributed by atoms with E-state index in [-0.39, 0.29) is 18.3 Å². The van der Waals surface area contributed by atoms with Crippen LogP contribution in [0, 0.1) is 5.82 Å². The van der Waals surface area contributed by atoms with Crippen molar-refractivity contribution in [1.29, 1.82) is 0 Å². The van der Waals surface area contributed by atoms with Crippen LogP contribution in [0.25, 0.3) is 0 Å². The minimum atomic E-state index is -0.313. The van der Waals surface area contributed by atoms with Gasteiger partial charge in [0, 0.05) is 42.9 Å². The number of amides is 1. The summed E-state index contributed by atoms with van der Waals surface area (Å²) in [5.41, 5.74) is 3.11. The largest absolute Gasteiger partial charge is 0.331 e. The van der Waals surface area contributed by atoms with Gasteiger partial charge in [-0.1, -0.05) is 24.3 Å². The van der Waals surface area contributed by atoms with Crippen LogP contribution >= 0.6 is 0 Å². The van der Waals surface area contributed by atoms with Gasteiger partial charge >= 0.3 is 0 Å². The zero-order chi connectivity index (χ0) is 18.5. The summed E-state index contributed by atoms with van der Waals surface area (Å²) in [6, 6.07) is 13.9. The number of nitrogens with zero attached hydrogens (tertiary/aromatic N) is 3. The van der Waals surface area contributed by atoms with Crippen LogP contribution in [0.2, 0.25) is 0 Å². The van der Waals surface area contributed by atoms with Crippen LogP contribution in [0.15, 0.2) is 66.3 Å². The molecule has 0 N–H and O–H groups in total. The minimum Gasteiger partial charge on any atom is -0.331 e. The van der Waals surface area contributed by atoms with E-state index < -0.39 is 0 Å². The monoisotopic (exact) mass is 351 g/mol. The molecule has 26 heavy (non-hydrogen) atoms. The van der Waals surface area contributed by atoms with Gasteiger partial charge in [0.15, 0.2) is 0 Å². The van der Waals surface area contributed by atoms with Gasteiger partial charge in [-0.25, -0.2) is 4.39 Å². The van der Waals surface area contributed by atoms with E-state index >= 15 is 0 Å². The van der Waals surface area contributed by atoms with Crippen molar-refractivity contribution in [2.75, 3.05) is 18.1 Å². The first-order valence-electron chi connectivity index (χ1n) is 8.63. The zero-order valence-corrected chi connectivity index (χ0v) is 14.9. The van der Waals surface area contributed by atoms with Crippen LogP contribution in [-0.2, 0) is 6.54 Å². The Morgan fingerprint density at radius 3 is 2.62 bits per heavy atom. The molecule has 0 fully saturated rings. The predicted octanol–water partition coefficient (Wildman–Crippen LogP) is 4.24. The van der Waals surface area contributed by atoms with Gasteiger partial charge in [0.2, 0.25) is 0 Å². The Morgan fingerprint density at radius 1 is 1.27 bits per heavy atom. The fourth-order valence-corrected chi connectivity index (χ4v) is 2.93. The molecular weight excluding hydrogens is 329 g/mol. The summed E-state index contributed by atoms with van der Waals surface area (Å²) in [5, 5.41) is 6.40. The summed E-state index contributed by atoms with van der Waals surface area (Å²) >= 11 is 0. The van der Waals surface area contributed by atoms with Crippen molar-refractivity contribution < 1.29 is 9.18 Å². The Labute approximate surface area is 153 Å². The highest BCUT2D eigenvalue weighted by Gasteiger charge is 2.18. The van der Waals surface area contributed by atoms with E-state index in [1.165, 1.54) is 6.07 Å². The molecule has 4 nitrogen and oxygen atoms in total. The van der Waals surface area contributed by atoms with Crippen LogP contribution in [-0.4, -0.2) is 29.6 Å². The van der Waals surface area contributed by atoms with Crippen molar-refractivity contribution in [1.82, 2.24) is 4.90 Å². The van der Waals surface area contributed by atoms with E-state index in [0.29, 0.717) is 17.7 Å². The molecule has 0 aromatic heterocycles. The number of benzene rings is 2. The van der Waals surface area contributed by atoms with Gasteiger partial charge < -0.3 is 4.90 Å². The highest BCUT2D eigenvalue weighted by atomic mass is 19.1. The van der Waals surface area contributed by atoms with Crippen LogP contribution in [0.4, 0.5) is 10.1 Å². The molecule has 0 radical (unpaired) electrons. The average molecular weight is 351 g/mol. The second kappa shape index (κ2) is 7.95. The summed E-state index contributed by atoms with van der Waals surface area (Å²) in [6.45, 7) is 7.12. The quantitative estimate of drug-likeness (QED) is 0.730. The maximum absolute atomic E-state index is 13.9. The first-order valence-corrected chi connectivity index (χ1v) is 8.63. The Bertz CT molecular complexity index is 829. The third-order valence-electron chi connectivity index (χ3n) is 4.34. The molecule has 0 unspecified atom stereocenters. The molecule has 1 amide bonds. The van der Waals surface area contributed by atoms with Gasteiger partial charge in [-0.05, 0) is 37.3 Å². The molecule has 0 atom stereocenters. The fourth-order valence-electron chi connectivity index (χ4n) is 2.93. The second-order valence-electron chi connectivity index (χ2n) is 6.32. The molecule has 134 valence electrons. The summed E-state index contributed by atoms with van der Waals surface area (Å²) in [5.74, 6) is -0.465. The van der Waals surface area contributed by atoms with E-state index in [9.17, 15) is 9.18 Å². The first-order chi connectivity index (χ1) is 12.6. The molecule has 0 saturated carbocycles. The third-order valence-corrected chi connectivity index (χ3v) is 4.34. The number of carbonyl (C=O) groups excluding carboxylic acids is 1. The van der Waals surface area contributed by atoms with Crippen molar-refractivity contribution in [3.63, 3.8) is 0 Å². The minimum absolute atomic E-state index is 0.152. The maximum Gasteiger partial charge on any atom is 0.254 e. The lowest BCUT2D eigenvalue weighted by Gasteiger charge is -2.22. The molecule has 1 heterocycles. The molecule has 3 rings (SSSR count). The topological polar surface area (TPSA) is 35.9 Å². The zero-order valence-electron chi connectivity index (χ0n) is 14.9. The van der Waals surface area contributed by atoms with Crippen molar-refractivity contribution in [3.8, 4) is 0 Å². The number of anilines is 1. The van der Waals surface area contributed by atoms with Crippen molar-refractivity contribution in [3.05, 3.63) is 78.1 Å². The third kappa shape index (κ3) is 3.99. The summed E-state index contributed by atoms with van der Waals surface area (Å²) in [7, 11) is 0. The predicted molar refractivity (Wildman–Crippen MR) is 103 cm³/mol. The number of hydrogen-bond acceptors (Lipinski definition) is 3. The van der Waals surface area contributed by atoms with Crippen LogP contribution in [0.3, 0.4) is 0 Å². The number of halogens is 1. The number of hydrogen-bond donors (Lipinski definition) is 0. The summed E-state index contributed by atoms with van der Waals surface area (Å²) in [4.78, 5) is 14.4. The first kappa shape index (κ1) is 17.9. The molecule has 2 aromatic rings. The normalized spacial score (nSPS) is 13.5. The van der Waals surface area contributed by atoms with E-state index in [2.05, 4.69) is 11.7 Å². The second-order valence-corrected chi connectivity index (χ2v) is 6.32. The Morgan fingerprint density at radius 2 is 2.00 bits per heavy atom. The van der Waals surface area contributed by atoms with Crippen molar-refractivity contribution in [2.45, 2.75) is 19.9 Å². The van der Waals surface area contributed by atoms with Crippen LogP contribution in [0.1, 0.15) is 29.3 Å². The molecule has 2 aromatic carbocycles. The molecular formula is C21H22FN3O. The van der Waals surface area contributed by atoms with E-state index in [4.69, 9.17) is 0 Å². The van der Waals surface area contributed by atoms with Gasteiger partial charge in [0.25, 0.3) is 5.91 Å². The lowest BCUT2D eigenvalue weighted by molar-refractivity contribution is 0.0761. The lowest BCUT2D eigenvalue weighted by Crippen LogP contribution is -2.31. The van der Waals surface area contributed by atoms with Gasteiger partial charge in [0.05, 0.1) is 5.69 Å². The number of hydrazone groups is 1. The molecule has 1 aliphatic heterocycles. The Hall–Kier alpha value is -2.95. The Kier molecular flexibility index (Phi) is 5.46. The molecule has 1 aliphatic rings. The smallest absolute Gasteiger partial charge is 0.254 e.